The van der Waals surface area contributed by atoms with Crippen molar-refractivity contribution in [3.05, 3.63) is 53.5 Å². The highest BCUT2D eigenvalue weighted by Crippen LogP contribution is 2.37. The maximum absolute atomic E-state index is 13.4. The topological polar surface area (TPSA) is 67.3 Å². The van der Waals surface area contributed by atoms with E-state index in [1.54, 1.807) is 23.6 Å². The van der Waals surface area contributed by atoms with Gasteiger partial charge >= 0.3 is 12.8 Å². The number of carbonyl (C=O) groups excluding carboxylic acids is 1. The third-order valence-corrected chi connectivity index (χ3v) is 6.05. The maximum Gasteiger partial charge on any atom is 0.419 e. The Morgan fingerprint density at radius 3 is 2.76 bits per heavy atom. The van der Waals surface area contributed by atoms with Gasteiger partial charge in [0, 0.05) is 30.2 Å². The third kappa shape index (κ3) is 5.44. The van der Waals surface area contributed by atoms with E-state index in [1.807, 2.05) is 0 Å². The van der Waals surface area contributed by atoms with Crippen LogP contribution in [0, 0.1) is 5.92 Å². The predicted octanol–water partition coefficient (Wildman–Crippen LogP) is 5.68. The average molecular weight is 498 g/mol. The van der Waals surface area contributed by atoms with E-state index in [0.29, 0.717) is 30.6 Å². The van der Waals surface area contributed by atoms with Gasteiger partial charge in [-0.25, -0.2) is 9.97 Å². The highest BCUT2D eigenvalue weighted by molar-refractivity contribution is 7.14. The summed E-state index contributed by atoms with van der Waals surface area (Å²) in [5, 5.41) is 4.53. The van der Waals surface area contributed by atoms with Crippen molar-refractivity contribution in [3.8, 4) is 17.0 Å². The highest BCUT2D eigenvalue weighted by Gasteiger charge is 2.37. The van der Waals surface area contributed by atoms with E-state index in [-0.39, 0.29) is 29.2 Å². The average Bonchev–Trinajstić information content (AvgIpc) is 3.27. The lowest BCUT2D eigenvalue weighted by Crippen LogP contribution is -2.41. The summed E-state index contributed by atoms with van der Waals surface area (Å²) in [6.45, 7) is -2.56. The van der Waals surface area contributed by atoms with Gasteiger partial charge in [-0.3, -0.25) is 4.79 Å². The first kappa shape index (κ1) is 23.9. The molecule has 1 aliphatic heterocycles. The van der Waals surface area contributed by atoms with Gasteiger partial charge in [0.25, 0.3) is 0 Å². The van der Waals surface area contributed by atoms with Crippen molar-refractivity contribution in [1.82, 2.24) is 9.97 Å². The van der Waals surface area contributed by atoms with E-state index in [1.165, 1.54) is 23.2 Å². The monoisotopic (exact) mass is 498 g/mol. The largest absolute Gasteiger partial charge is 0.434 e. The number of thiazole rings is 1. The summed E-state index contributed by atoms with van der Waals surface area (Å²) in [6, 6.07) is 8.36. The summed E-state index contributed by atoms with van der Waals surface area (Å²) in [4.78, 5) is 22.5. The molecule has 0 saturated carbocycles. The SMILES string of the molecule is O=C(Nc1nc(-c2ccccc2OC(F)F)cs1)C1CCCN(c2ncccc2C(F)(F)F)C1. The molecule has 1 aliphatic rings. The van der Waals surface area contributed by atoms with Gasteiger partial charge in [0.1, 0.15) is 11.6 Å². The Labute approximate surface area is 195 Å². The maximum atomic E-state index is 13.4. The second kappa shape index (κ2) is 9.92. The zero-order chi connectivity index (χ0) is 24.3. The van der Waals surface area contributed by atoms with Crippen LogP contribution in [-0.4, -0.2) is 35.6 Å². The van der Waals surface area contributed by atoms with Crippen molar-refractivity contribution in [2.24, 2.45) is 5.92 Å². The van der Waals surface area contributed by atoms with Crippen LogP contribution in [-0.2, 0) is 11.0 Å². The Morgan fingerprint density at radius 2 is 2.00 bits per heavy atom. The van der Waals surface area contributed by atoms with Crippen molar-refractivity contribution in [2.45, 2.75) is 25.6 Å². The molecule has 3 heterocycles. The fraction of sp³-hybridized carbons (Fsp3) is 0.318. The van der Waals surface area contributed by atoms with Crippen molar-refractivity contribution in [2.75, 3.05) is 23.3 Å². The first-order valence-electron chi connectivity index (χ1n) is 10.3. The first-order valence-corrected chi connectivity index (χ1v) is 11.2. The highest BCUT2D eigenvalue weighted by atomic mass is 32.1. The molecule has 1 atom stereocenters. The molecule has 0 aliphatic carbocycles. The molecule has 0 spiro atoms. The normalized spacial score (nSPS) is 16.5. The van der Waals surface area contributed by atoms with Crippen molar-refractivity contribution < 1.29 is 31.5 Å². The molecule has 1 unspecified atom stereocenters. The lowest BCUT2D eigenvalue weighted by atomic mass is 9.97. The zero-order valence-corrected chi connectivity index (χ0v) is 18.4. The number of anilines is 2. The van der Waals surface area contributed by atoms with Crippen molar-refractivity contribution in [1.29, 1.82) is 0 Å². The van der Waals surface area contributed by atoms with Crippen molar-refractivity contribution in [3.63, 3.8) is 0 Å². The summed E-state index contributed by atoms with van der Waals surface area (Å²) in [7, 11) is 0. The number of halogens is 5. The molecule has 2 aromatic heterocycles. The summed E-state index contributed by atoms with van der Waals surface area (Å²) in [5.74, 6) is -1.19. The molecule has 0 bridgehead atoms. The van der Waals surface area contributed by atoms with Gasteiger partial charge in [-0.2, -0.15) is 22.0 Å². The Hall–Kier alpha value is -3.28. The molecule has 180 valence electrons. The molecule has 12 heteroatoms. The molecular weight excluding hydrogens is 479 g/mol. The fourth-order valence-corrected chi connectivity index (χ4v) is 4.51. The van der Waals surface area contributed by atoms with E-state index in [0.717, 1.165) is 17.4 Å². The van der Waals surface area contributed by atoms with E-state index in [4.69, 9.17) is 0 Å². The number of carbonyl (C=O) groups is 1. The lowest BCUT2D eigenvalue weighted by molar-refractivity contribution is -0.137. The fourth-order valence-electron chi connectivity index (χ4n) is 3.79. The first-order chi connectivity index (χ1) is 16.2. The molecule has 4 rings (SSSR count). The number of alkyl halides is 5. The van der Waals surface area contributed by atoms with Crippen LogP contribution in [0.4, 0.5) is 32.9 Å². The quantitative estimate of drug-likeness (QED) is 0.443. The molecule has 34 heavy (non-hydrogen) atoms. The zero-order valence-electron chi connectivity index (χ0n) is 17.6. The van der Waals surface area contributed by atoms with E-state index in [9.17, 15) is 26.7 Å². The minimum Gasteiger partial charge on any atom is -0.434 e. The van der Waals surface area contributed by atoms with Gasteiger partial charge < -0.3 is 15.0 Å². The van der Waals surface area contributed by atoms with Gasteiger partial charge in [0.15, 0.2) is 5.13 Å². The van der Waals surface area contributed by atoms with Gasteiger partial charge in [0.05, 0.1) is 17.2 Å². The number of hydrogen-bond acceptors (Lipinski definition) is 6. The molecule has 3 aromatic rings. The summed E-state index contributed by atoms with van der Waals surface area (Å²) >= 11 is 1.11. The van der Waals surface area contributed by atoms with E-state index >= 15 is 0 Å². The second-order valence-corrected chi connectivity index (χ2v) is 8.42. The summed E-state index contributed by atoms with van der Waals surface area (Å²) in [6.07, 6.45) is -2.24. The van der Waals surface area contributed by atoms with Crippen LogP contribution in [0.15, 0.2) is 48.0 Å². The number of para-hydroxylation sites is 1. The standard InChI is InChI=1S/C22H19F5N4O2S/c23-20(24)33-17-8-2-1-6-14(17)16-12-34-21(29-16)30-19(32)13-5-4-10-31(11-13)18-15(22(25,26)27)7-3-9-28-18/h1-3,6-9,12-13,20H,4-5,10-11H2,(H,29,30,32). The predicted molar refractivity (Wildman–Crippen MR) is 117 cm³/mol. The molecule has 1 amide bonds. The Morgan fingerprint density at radius 1 is 1.21 bits per heavy atom. The third-order valence-electron chi connectivity index (χ3n) is 5.30. The number of aromatic nitrogens is 2. The smallest absolute Gasteiger partial charge is 0.419 e. The van der Waals surface area contributed by atoms with Crippen LogP contribution in [0.5, 0.6) is 5.75 Å². The van der Waals surface area contributed by atoms with Crippen LogP contribution in [0.1, 0.15) is 18.4 Å². The van der Waals surface area contributed by atoms with Crippen LogP contribution in [0.2, 0.25) is 0 Å². The van der Waals surface area contributed by atoms with E-state index in [2.05, 4.69) is 20.0 Å². The number of nitrogens with zero attached hydrogens (tertiary/aromatic N) is 3. The molecule has 1 fully saturated rings. The molecule has 1 N–H and O–H groups in total. The summed E-state index contributed by atoms with van der Waals surface area (Å²) < 4.78 is 70.0. The minimum atomic E-state index is -4.56. The van der Waals surface area contributed by atoms with Gasteiger partial charge in [0.2, 0.25) is 5.91 Å². The minimum absolute atomic E-state index is 0.0422. The lowest BCUT2D eigenvalue weighted by Gasteiger charge is -2.34. The Bertz CT molecular complexity index is 1150. The Kier molecular flexibility index (Phi) is 6.96. The van der Waals surface area contributed by atoms with E-state index < -0.39 is 24.3 Å². The van der Waals surface area contributed by atoms with Crippen LogP contribution < -0.4 is 15.0 Å². The number of benzene rings is 1. The number of ether oxygens (including phenoxy) is 1. The van der Waals surface area contributed by atoms with Gasteiger partial charge in [-0.05, 0) is 37.1 Å². The molecule has 1 saturated heterocycles. The summed E-state index contributed by atoms with van der Waals surface area (Å²) in [5.41, 5.74) is -0.145. The molecule has 6 nitrogen and oxygen atoms in total. The van der Waals surface area contributed by atoms with Crippen LogP contribution in [0.3, 0.4) is 0 Å². The Balaban J connectivity index is 1.46. The second-order valence-electron chi connectivity index (χ2n) is 7.56. The number of rotatable bonds is 6. The van der Waals surface area contributed by atoms with Crippen LogP contribution >= 0.6 is 11.3 Å². The molecule has 1 aromatic carbocycles. The number of pyridine rings is 1. The number of hydrogen-bond donors (Lipinski definition) is 1. The van der Waals surface area contributed by atoms with Gasteiger partial charge in [-0.1, -0.05) is 12.1 Å². The number of nitrogens with one attached hydrogen (secondary N) is 1. The van der Waals surface area contributed by atoms with Crippen LogP contribution in [0.25, 0.3) is 11.3 Å². The molecular formula is C22H19F5N4O2S. The van der Waals surface area contributed by atoms with Gasteiger partial charge in [-0.15, -0.1) is 11.3 Å². The molecule has 0 radical (unpaired) electrons. The van der Waals surface area contributed by atoms with Crippen molar-refractivity contribution >= 4 is 28.2 Å². The number of piperidine rings is 1. The number of amides is 1.